The second kappa shape index (κ2) is 2.68. The number of halogens is 1. The predicted molar refractivity (Wildman–Crippen MR) is 38.6 cm³/mol. The molecule has 0 amide bonds. The van der Waals surface area contributed by atoms with Crippen LogP contribution >= 0.6 is 10.7 Å². The van der Waals surface area contributed by atoms with Crippen LogP contribution in [0.1, 0.15) is 13.3 Å². The van der Waals surface area contributed by atoms with E-state index in [1.165, 1.54) is 0 Å². The van der Waals surface area contributed by atoms with Crippen molar-refractivity contribution >= 4 is 19.7 Å². The molecule has 10 heavy (non-hydrogen) atoms. The highest BCUT2D eigenvalue weighted by Gasteiger charge is 2.34. The van der Waals surface area contributed by atoms with Gasteiger partial charge >= 0.3 is 0 Å². The van der Waals surface area contributed by atoms with Gasteiger partial charge in [-0.05, 0) is 13.3 Å². The third kappa shape index (κ3) is 1.62. The number of hydrogen-bond donors (Lipinski definition) is 0. The molecule has 5 heteroatoms. The molecule has 0 aromatic carbocycles. The van der Waals surface area contributed by atoms with Crippen molar-refractivity contribution in [3.63, 3.8) is 0 Å². The summed E-state index contributed by atoms with van der Waals surface area (Å²) in [7, 11) is 1.72. The average molecular weight is 185 g/mol. The maximum atomic E-state index is 10.7. The summed E-state index contributed by atoms with van der Waals surface area (Å²) < 4.78 is 26.5. The Labute approximate surface area is 64.7 Å². The zero-order valence-corrected chi connectivity index (χ0v) is 7.15. The molecule has 0 spiro atoms. The highest BCUT2D eigenvalue weighted by Crippen LogP contribution is 2.23. The molecule has 0 N–H and O–H groups in total. The summed E-state index contributed by atoms with van der Waals surface area (Å²) in [6.45, 7) is 2.22. The maximum absolute atomic E-state index is 10.7. The van der Waals surface area contributed by atoms with Crippen LogP contribution in [-0.2, 0) is 13.8 Å². The van der Waals surface area contributed by atoms with Crippen LogP contribution in [0.2, 0.25) is 0 Å². The Hall–Kier alpha value is 0.200. The van der Waals surface area contributed by atoms with Crippen LogP contribution in [0.15, 0.2) is 0 Å². The molecule has 0 saturated carbocycles. The SMILES string of the molecule is C[C@@H]1OCC[C@H]1S(=O)(=O)Cl. The van der Waals surface area contributed by atoms with Crippen LogP contribution in [-0.4, -0.2) is 26.4 Å². The van der Waals surface area contributed by atoms with E-state index in [0.717, 1.165) is 0 Å². The number of hydrogen-bond acceptors (Lipinski definition) is 3. The van der Waals surface area contributed by atoms with E-state index in [1.54, 1.807) is 6.92 Å². The first-order valence-corrected chi connectivity index (χ1v) is 5.44. The van der Waals surface area contributed by atoms with Crippen molar-refractivity contribution < 1.29 is 13.2 Å². The van der Waals surface area contributed by atoms with Crippen molar-refractivity contribution in [2.45, 2.75) is 24.7 Å². The minimum absolute atomic E-state index is 0.248. The van der Waals surface area contributed by atoms with Gasteiger partial charge in [0.25, 0.3) is 0 Å². The topological polar surface area (TPSA) is 43.4 Å². The summed E-state index contributed by atoms with van der Waals surface area (Å²) in [5.74, 6) is 0. The molecular formula is C5H9ClO3S. The molecule has 1 fully saturated rings. The van der Waals surface area contributed by atoms with Crippen LogP contribution < -0.4 is 0 Å². The second-order valence-electron chi connectivity index (χ2n) is 2.38. The zero-order valence-electron chi connectivity index (χ0n) is 5.58. The van der Waals surface area contributed by atoms with Crippen molar-refractivity contribution in [1.82, 2.24) is 0 Å². The molecule has 1 aliphatic rings. The van der Waals surface area contributed by atoms with Crippen LogP contribution in [0.5, 0.6) is 0 Å². The molecule has 0 unspecified atom stereocenters. The monoisotopic (exact) mass is 184 g/mol. The van der Waals surface area contributed by atoms with Gasteiger partial charge < -0.3 is 4.74 Å². The van der Waals surface area contributed by atoms with E-state index in [1.807, 2.05) is 0 Å². The molecule has 1 heterocycles. The van der Waals surface area contributed by atoms with Gasteiger partial charge in [-0.25, -0.2) is 8.42 Å². The van der Waals surface area contributed by atoms with Gasteiger partial charge in [0.2, 0.25) is 9.05 Å². The minimum atomic E-state index is -3.40. The first kappa shape index (κ1) is 8.30. The van der Waals surface area contributed by atoms with Gasteiger partial charge in [0.1, 0.15) is 5.25 Å². The minimum Gasteiger partial charge on any atom is -0.377 e. The Morgan fingerprint density at radius 3 is 2.40 bits per heavy atom. The highest BCUT2D eigenvalue weighted by molar-refractivity contribution is 8.14. The summed E-state index contributed by atoms with van der Waals surface area (Å²) >= 11 is 0. The van der Waals surface area contributed by atoms with Gasteiger partial charge in [-0.15, -0.1) is 0 Å². The van der Waals surface area contributed by atoms with Crippen molar-refractivity contribution in [2.24, 2.45) is 0 Å². The van der Waals surface area contributed by atoms with Crippen LogP contribution in [0.25, 0.3) is 0 Å². The predicted octanol–water partition coefficient (Wildman–Crippen LogP) is 0.732. The fraction of sp³-hybridized carbons (Fsp3) is 1.00. The molecule has 2 atom stereocenters. The Morgan fingerprint density at radius 1 is 1.60 bits per heavy atom. The molecule has 1 aliphatic heterocycles. The molecule has 0 aromatic rings. The van der Waals surface area contributed by atoms with Crippen molar-refractivity contribution in [2.75, 3.05) is 6.61 Å². The fourth-order valence-electron chi connectivity index (χ4n) is 1.08. The van der Waals surface area contributed by atoms with Crippen LogP contribution in [0.4, 0.5) is 0 Å². The first-order valence-electron chi connectivity index (χ1n) is 3.07. The van der Waals surface area contributed by atoms with Gasteiger partial charge in [0.15, 0.2) is 0 Å². The Kier molecular flexibility index (Phi) is 2.22. The lowest BCUT2D eigenvalue weighted by atomic mass is 10.3. The fourth-order valence-corrected chi connectivity index (χ4v) is 2.70. The lowest BCUT2D eigenvalue weighted by Gasteiger charge is -2.08. The van der Waals surface area contributed by atoms with Crippen LogP contribution in [0.3, 0.4) is 0 Å². The Bertz CT molecular complexity index is 211. The molecule has 1 rings (SSSR count). The summed E-state index contributed by atoms with van der Waals surface area (Å²) in [6.07, 6.45) is 0.273. The third-order valence-corrected chi connectivity index (χ3v) is 3.70. The van der Waals surface area contributed by atoms with E-state index in [9.17, 15) is 8.42 Å². The van der Waals surface area contributed by atoms with E-state index in [2.05, 4.69) is 0 Å². The van der Waals surface area contributed by atoms with Gasteiger partial charge in [0, 0.05) is 17.3 Å². The lowest BCUT2D eigenvalue weighted by Crippen LogP contribution is -2.23. The number of ether oxygens (including phenoxy) is 1. The average Bonchev–Trinajstić information content (AvgIpc) is 2.11. The summed E-state index contributed by atoms with van der Waals surface area (Å²) in [5.41, 5.74) is 0. The van der Waals surface area contributed by atoms with Crippen LogP contribution in [0, 0.1) is 0 Å². The Balaban J connectivity index is 2.74. The molecule has 0 aliphatic carbocycles. The number of rotatable bonds is 1. The van der Waals surface area contributed by atoms with Gasteiger partial charge in [-0.1, -0.05) is 0 Å². The molecule has 60 valence electrons. The molecule has 1 saturated heterocycles. The van der Waals surface area contributed by atoms with Crippen molar-refractivity contribution in [3.8, 4) is 0 Å². The van der Waals surface area contributed by atoms with Crippen molar-refractivity contribution in [3.05, 3.63) is 0 Å². The van der Waals surface area contributed by atoms with E-state index in [4.69, 9.17) is 15.4 Å². The summed E-state index contributed by atoms with van der Waals surface area (Å²) in [6, 6.07) is 0. The third-order valence-electron chi connectivity index (χ3n) is 1.67. The Morgan fingerprint density at radius 2 is 2.20 bits per heavy atom. The molecular weight excluding hydrogens is 176 g/mol. The van der Waals surface area contributed by atoms with Gasteiger partial charge in [-0.2, -0.15) is 0 Å². The standard InChI is InChI=1S/C5H9ClO3S/c1-4-5(2-3-9-4)10(6,7)8/h4-5H,2-3H2,1H3/t4-,5+/m0/s1. The molecule has 0 bridgehead atoms. The van der Waals surface area contributed by atoms with E-state index in [0.29, 0.717) is 13.0 Å². The quantitative estimate of drug-likeness (QED) is 0.565. The second-order valence-corrected chi connectivity index (χ2v) is 5.23. The molecule has 3 nitrogen and oxygen atoms in total. The maximum Gasteiger partial charge on any atom is 0.238 e. The zero-order chi connectivity index (χ0) is 7.78. The molecule has 0 radical (unpaired) electrons. The summed E-state index contributed by atoms with van der Waals surface area (Å²) in [4.78, 5) is 0. The largest absolute Gasteiger partial charge is 0.377 e. The first-order chi connectivity index (χ1) is 4.52. The van der Waals surface area contributed by atoms with E-state index < -0.39 is 14.3 Å². The van der Waals surface area contributed by atoms with Gasteiger partial charge in [-0.3, -0.25) is 0 Å². The lowest BCUT2D eigenvalue weighted by molar-refractivity contribution is 0.126. The smallest absolute Gasteiger partial charge is 0.238 e. The van der Waals surface area contributed by atoms with Gasteiger partial charge in [0.05, 0.1) is 6.10 Å². The summed E-state index contributed by atoms with van der Waals surface area (Å²) in [5, 5.41) is -0.505. The highest BCUT2D eigenvalue weighted by atomic mass is 35.7. The molecule has 0 aromatic heterocycles. The normalized spacial score (nSPS) is 34.6. The van der Waals surface area contributed by atoms with E-state index in [-0.39, 0.29) is 6.10 Å². The van der Waals surface area contributed by atoms with E-state index >= 15 is 0 Å². The van der Waals surface area contributed by atoms with Crippen molar-refractivity contribution in [1.29, 1.82) is 0 Å².